The number of halogens is 2. The molecule has 2 N–H and O–H groups in total. The van der Waals surface area contributed by atoms with Gasteiger partial charge in [0.15, 0.2) is 5.96 Å². The van der Waals surface area contributed by atoms with Crippen molar-refractivity contribution in [3.8, 4) is 0 Å². The van der Waals surface area contributed by atoms with E-state index >= 15 is 0 Å². The van der Waals surface area contributed by atoms with Crippen LogP contribution in [0.5, 0.6) is 0 Å². The summed E-state index contributed by atoms with van der Waals surface area (Å²) in [5, 5.41) is 6.52. The lowest BCUT2D eigenvalue weighted by atomic mass is 10.1. The predicted octanol–water partition coefficient (Wildman–Crippen LogP) is 3.27. The molecule has 0 spiro atoms. The van der Waals surface area contributed by atoms with Crippen LogP contribution in [0.15, 0.2) is 23.2 Å². The summed E-state index contributed by atoms with van der Waals surface area (Å²) >= 11 is 0. The molecular weight excluding hydrogens is 408 g/mol. The Balaban J connectivity index is 0.00000484. The number of aryl methyl sites for hydroxylation is 1. The molecule has 0 unspecified atom stereocenters. The van der Waals surface area contributed by atoms with Gasteiger partial charge in [0.25, 0.3) is 0 Å². The average molecular weight is 437 g/mol. The van der Waals surface area contributed by atoms with Crippen LogP contribution in [0.2, 0.25) is 0 Å². The van der Waals surface area contributed by atoms with Gasteiger partial charge in [0.1, 0.15) is 5.82 Å². The zero-order valence-corrected chi connectivity index (χ0v) is 16.8. The maximum atomic E-state index is 13.0. The van der Waals surface area contributed by atoms with Gasteiger partial charge in [0.05, 0.1) is 6.10 Å². The van der Waals surface area contributed by atoms with Crippen LogP contribution in [0.25, 0.3) is 0 Å². The van der Waals surface area contributed by atoms with Gasteiger partial charge in [-0.2, -0.15) is 0 Å². The van der Waals surface area contributed by atoms with Crippen molar-refractivity contribution >= 4 is 29.9 Å². The highest BCUT2D eigenvalue weighted by molar-refractivity contribution is 14.0. The second-order valence-corrected chi connectivity index (χ2v) is 5.52. The summed E-state index contributed by atoms with van der Waals surface area (Å²) in [5.41, 5.74) is 2.13. The van der Waals surface area contributed by atoms with Crippen molar-refractivity contribution in [1.29, 1.82) is 0 Å². The summed E-state index contributed by atoms with van der Waals surface area (Å²) < 4.78 is 18.5. The molecule has 0 aromatic heterocycles. The number of hydrogen-bond acceptors (Lipinski definition) is 2. The third-order valence-electron chi connectivity index (χ3n) is 3.28. The molecule has 0 fully saturated rings. The fraction of sp³-hybridized carbons (Fsp3) is 0.588. The fourth-order valence-electron chi connectivity index (χ4n) is 2.07. The van der Waals surface area contributed by atoms with Crippen LogP contribution in [0.4, 0.5) is 4.39 Å². The van der Waals surface area contributed by atoms with E-state index in [1.54, 1.807) is 13.1 Å². The molecule has 0 saturated heterocycles. The second-order valence-electron chi connectivity index (χ2n) is 5.52. The van der Waals surface area contributed by atoms with E-state index < -0.39 is 0 Å². The Morgan fingerprint density at radius 3 is 2.57 bits per heavy atom. The van der Waals surface area contributed by atoms with Gasteiger partial charge in [-0.3, -0.25) is 4.99 Å². The smallest absolute Gasteiger partial charge is 0.190 e. The Bertz CT molecular complexity index is 481. The van der Waals surface area contributed by atoms with E-state index in [0.717, 1.165) is 49.6 Å². The van der Waals surface area contributed by atoms with E-state index in [-0.39, 0.29) is 35.9 Å². The molecule has 0 aliphatic rings. The van der Waals surface area contributed by atoms with E-state index in [1.165, 1.54) is 6.07 Å². The third-order valence-corrected chi connectivity index (χ3v) is 3.28. The topological polar surface area (TPSA) is 45.7 Å². The van der Waals surface area contributed by atoms with Crippen LogP contribution in [-0.4, -0.2) is 38.8 Å². The largest absolute Gasteiger partial charge is 0.379 e. The van der Waals surface area contributed by atoms with E-state index in [9.17, 15) is 4.39 Å². The first-order chi connectivity index (χ1) is 10.5. The highest BCUT2D eigenvalue weighted by atomic mass is 127. The number of nitrogens with one attached hydrogen (secondary N) is 2. The highest BCUT2D eigenvalue weighted by Crippen LogP contribution is 2.10. The molecule has 0 atom stereocenters. The van der Waals surface area contributed by atoms with Crippen molar-refractivity contribution in [2.24, 2.45) is 4.99 Å². The molecule has 0 amide bonds. The molecule has 1 rings (SSSR count). The van der Waals surface area contributed by atoms with Gasteiger partial charge in [-0.1, -0.05) is 6.07 Å². The van der Waals surface area contributed by atoms with Crippen LogP contribution in [0, 0.1) is 12.7 Å². The molecule has 0 bridgehead atoms. The van der Waals surface area contributed by atoms with Crippen molar-refractivity contribution < 1.29 is 9.13 Å². The lowest BCUT2D eigenvalue weighted by molar-refractivity contribution is 0.0776. The van der Waals surface area contributed by atoms with E-state index in [0.29, 0.717) is 0 Å². The summed E-state index contributed by atoms with van der Waals surface area (Å²) in [6.45, 7) is 8.32. The van der Waals surface area contributed by atoms with E-state index in [1.807, 2.05) is 26.8 Å². The van der Waals surface area contributed by atoms with Crippen LogP contribution >= 0.6 is 24.0 Å². The summed E-state index contributed by atoms with van der Waals surface area (Å²) in [5.74, 6) is 0.597. The Hall–Kier alpha value is -0.890. The number of rotatable bonds is 8. The number of hydrogen-bond donors (Lipinski definition) is 2. The molecule has 1 aromatic rings. The molecule has 1 aromatic carbocycles. The van der Waals surface area contributed by atoms with Gasteiger partial charge in [-0.05, 0) is 56.9 Å². The van der Waals surface area contributed by atoms with Gasteiger partial charge in [-0.15, -0.1) is 24.0 Å². The molecule has 0 saturated carbocycles. The predicted molar refractivity (Wildman–Crippen MR) is 105 cm³/mol. The molecule has 23 heavy (non-hydrogen) atoms. The fourth-order valence-corrected chi connectivity index (χ4v) is 2.07. The standard InChI is InChI=1S/C17H28FN3O.HI/c1-13(2)22-11-5-9-20-17(19-4)21-10-8-15-6-7-16(18)12-14(15)3;/h6-7,12-13H,5,8-11H2,1-4H3,(H2,19,20,21);1H. The first kappa shape index (κ1) is 22.1. The van der Waals surface area contributed by atoms with Crippen molar-refractivity contribution in [3.05, 3.63) is 35.1 Å². The molecule has 0 aliphatic carbocycles. The second kappa shape index (κ2) is 12.5. The Kier molecular flexibility index (Phi) is 12.0. The summed E-state index contributed by atoms with van der Waals surface area (Å²) in [6.07, 6.45) is 2.05. The quantitative estimate of drug-likeness (QED) is 0.284. The molecule has 132 valence electrons. The minimum Gasteiger partial charge on any atom is -0.379 e. The first-order valence-corrected chi connectivity index (χ1v) is 7.84. The maximum Gasteiger partial charge on any atom is 0.190 e. The SMILES string of the molecule is CN=C(NCCCOC(C)C)NCCc1ccc(F)cc1C.I. The molecule has 0 aliphatic heterocycles. The van der Waals surface area contributed by atoms with Crippen molar-refractivity contribution in [2.75, 3.05) is 26.7 Å². The van der Waals surface area contributed by atoms with Gasteiger partial charge in [0, 0.05) is 26.7 Å². The molecule has 0 radical (unpaired) electrons. The first-order valence-electron chi connectivity index (χ1n) is 7.84. The lowest BCUT2D eigenvalue weighted by Crippen LogP contribution is -2.39. The van der Waals surface area contributed by atoms with Gasteiger partial charge >= 0.3 is 0 Å². The summed E-state index contributed by atoms with van der Waals surface area (Å²) in [4.78, 5) is 4.18. The van der Waals surface area contributed by atoms with Crippen molar-refractivity contribution in [2.45, 2.75) is 39.7 Å². The third kappa shape index (κ3) is 9.76. The number of nitrogens with zero attached hydrogens (tertiary/aromatic N) is 1. The maximum absolute atomic E-state index is 13.0. The van der Waals surface area contributed by atoms with Crippen LogP contribution < -0.4 is 10.6 Å². The monoisotopic (exact) mass is 437 g/mol. The van der Waals surface area contributed by atoms with E-state index in [2.05, 4.69) is 15.6 Å². The molecule has 6 heteroatoms. The number of ether oxygens (including phenoxy) is 1. The summed E-state index contributed by atoms with van der Waals surface area (Å²) in [6, 6.07) is 4.91. The summed E-state index contributed by atoms with van der Waals surface area (Å²) in [7, 11) is 1.75. The number of aliphatic imine (C=N–C) groups is 1. The number of benzene rings is 1. The van der Waals surface area contributed by atoms with Crippen molar-refractivity contribution in [3.63, 3.8) is 0 Å². The van der Waals surface area contributed by atoms with E-state index in [4.69, 9.17) is 4.74 Å². The van der Waals surface area contributed by atoms with Gasteiger partial charge in [-0.25, -0.2) is 4.39 Å². The van der Waals surface area contributed by atoms with Crippen LogP contribution in [0.1, 0.15) is 31.4 Å². The molecule has 4 nitrogen and oxygen atoms in total. The zero-order valence-electron chi connectivity index (χ0n) is 14.5. The highest BCUT2D eigenvalue weighted by Gasteiger charge is 2.02. The Morgan fingerprint density at radius 1 is 1.26 bits per heavy atom. The lowest BCUT2D eigenvalue weighted by Gasteiger charge is -2.13. The van der Waals surface area contributed by atoms with Crippen LogP contribution in [-0.2, 0) is 11.2 Å². The minimum atomic E-state index is -0.185. The molecule has 0 heterocycles. The minimum absolute atomic E-state index is 0. The van der Waals surface area contributed by atoms with Gasteiger partial charge in [0.2, 0.25) is 0 Å². The normalized spacial score (nSPS) is 11.3. The number of guanidine groups is 1. The average Bonchev–Trinajstić information content (AvgIpc) is 2.46. The van der Waals surface area contributed by atoms with Crippen molar-refractivity contribution in [1.82, 2.24) is 10.6 Å². The zero-order chi connectivity index (χ0) is 16.4. The Labute approximate surface area is 156 Å². The Morgan fingerprint density at radius 2 is 1.96 bits per heavy atom. The van der Waals surface area contributed by atoms with Crippen LogP contribution in [0.3, 0.4) is 0 Å². The molecular formula is C17H29FIN3O. The van der Waals surface area contributed by atoms with Gasteiger partial charge < -0.3 is 15.4 Å².